The molecule has 0 spiro atoms. The number of nitrogens with zero attached hydrogens (tertiary/aromatic N) is 1. The summed E-state index contributed by atoms with van der Waals surface area (Å²) < 4.78 is 0. The highest BCUT2D eigenvalue weighted by atomic mass is 35.5. The largest absolute Gasteiger partial charge is 0.314 e. The van der Waals surface area contributed by atoms with Crippen molar-refractivity contribution in [2.75, 3.05) is 19.6 Å². The minimum Gasteiger partial charge on any atom is -0.314 e. The number of likely N-dealkylation sites (tertiary alicyclic amines) is 1. The van der Waals surface area contributed by atoms with Gasteiger partial charge < -0.3 is 5.32 Å². The van der Waals surface area contributed by atoms with Crippen molar-refractivity contribution in [2.24, 2.45) is 5.92 Å². The number of hydrogen-bond donors (Lipinski definition) is 1. The van der Waals surface area contributed by atoms with Gasteiger partial charge in [0, 0.05) is 23.7 Å². The Hall–Kier alpha value is -0.570. The van der Waals surface area contributed by atoms with E-state index in [1.165, 1.54) is 25.1 Å². The normalized spacial score (nSPS) is 22.1. The first-order chi connectivity index (χ1) is 9.06. The minimum atomic E-state index is 0.461. The predicted octanol–water partition coefficient (Wildman–Crippen LogP) is 3.72. The lowest BCUT2D eigenvalue weighted by atomic mass is 10.1. The molecular formula is C16H25ClN2. The summed E-state index contributed by atoms with van der Waals surface area (Å²) >= 11 is 6.08. The van der Waals surface area contributed by atoms with E-state index < -0.39 is 0 Å². The van der Waals surface area contributed by atoms with Crippen LogP contribution in [0.1, 0.15) is 38.8 Å². The van der Waals surface area contributed by atoms with Crippen molar-refractivity contribution in [3.05, 3.63) is 34.9 Å². The zero-order valence-electron chi connectivity index (χ0n) is 12.2. The maximum absolute atomic E-state index is 6.08. The molecule has 0 aromatic heterocycles. The maximum atomic E-state index is 6.08. The summed E-state index contributed by atoms with van der Waals surface area (Å²) in [7, 11) is 0. The number of nitrogens with one attached hydrogen (secondary N) is 1. The van der Waals surface area contributed by atoms with Crippen LogP contribution in [0.25, 0.3) is 0 Å². The summed E-state index contributed by atoms with van der Waals surface area (Å²) in [6.45, 7) is 10.2. The summed E-state index contributed by atoms with van der Waals surface area (Å²) in [5.74, 6) is 0.782. The standard InChI is InChI=1S/C16H25ClN2/c1-12(2)18-10-14-7-8-19(11-14)13(3)15-5-4-6-16(17)9-15/h4-6,9,12-14,18H,7-8,10-11H2,1-3H3. The van der Waals surface area contributed by atoms with Crippen LogP contribution in [0.3, 0.4) is 0 Å². The fraction of sp³-hybridized carbons (Fsp3) is 0.625. The molecule has 1 N–H and O–H groups in total. The molecular weight excluding hydrogens is 256 g/mol. The Bertz CT molecular complexity index is 405. The van der Waals surface area contributed by atoms with Gasteiger partial charge in [-0.3, -0.25) is 4.90 Å². The van der Waals surface area contributed by atoms with Gasteiger partial charge >= 0.3 is 0 Å². The van der Waals surface area contributed by atoms with Gasteiger partial charge in [0.25, 0.3) is 0 Å². The molecule has 0 aliphatic carbocycles. The van der Waals surface area contributed by atoms with Crippen LogP contribution >= 0.6 is 11.6 Å². The molecule has 0 radical (unpaired) electrons. The van der Waals surface area contributed by atoms with Crippen molar-refractivity contribution in [1.29, 1.82) is 0 Å². The van der Waals surface area contributed by atoms with Crippen LogP contribution < -0.4 is 5.32 Å². The van der Waals surface area contributed by atoms with Crippen molar-refractivity contribution in [2.45, 2.75) is 39.3 Å². The molecule has 2 nitrogen and oxygen atoms in total. The predicted molar refractivity (Wildman–Crippen MR) is 82.7 cm³/mol. The Morgan fingerprint density at radius 3 is 2.84 bits per heavy atom. The molecule has 2 unspecified atom stereocenters. The molecule has 0 bridgehead atoms. The van der Waals surface area contributed by atoms with E-state index in [2.05, 4.69) is 43.1 Å². The van der Waals surface area contributed by atoms with Crippen molar-refractivity contribution < 1.29 is 0 Å². The van der Waals surface area contributed by atoms with Crippen LogP contribution in [-0.2, 0) is 0 Å². The fourth-order valence-electron chi connectivity index (χ4n) is 2.76. The van der Waals surface area contributed by atoms with E-state index in [0.29, 0.717) is 12.1 Å². The first-order valence-electron chi connectivity index (χ1n) is 7.29. The fourth-order valence-corrected chi connectivity index (χ4v) is 2.96. The first-order valence-corrected chi connectivity index (χ1v) is 7.67. The third-order valence-corrected chi connectivity index (χ3v) is 4.25. The van der Waals surface area contributed by atoms with Crippen molar-refractivity contribution in [3.63, 3.8) is 0 Å². The van der Waals surface area contributed by atoms with Gasteiger partial charge in [-0.25, -0.2) is 0 Å². The topological polar surface area (TPSA) is 15.3 Å². The molecule has 2 rings (SSSR count). The summed E-state index contributed by atoms with van der Waals surface area (Å²) in [5, 5.41) is 4.38. The number of halogens is 1. The second kappa shape index (κ2) is 6.74. The summed E-state index contributed by atoms with van der Waals surface area (Å²) in [6, 6.07) is 9.29. The lowest BCUT2D eigenvalue weighted by Crippen LogP contribution is -2.31. The van der Waals surface area contributed by atoms with Gasteiger partial charge in [0.1, 0.15) is 0 Å². The smallest absolute Gasteiger partial charge is 0.0409 e. The van der Waals surface area contributed by atoms with E-state index in [-0.39, 0.29) is 0 Å². The highest BCUT2D eigenvalue weighted by molar-refractivity contribution is 6.30. The van der Waals surface area contributed by atoms with Crippen LogP contribution in [0.15, 0.2) is 24.3 Å². The van der Waals surface area contributed by atoms with E-state index in [4.69, 9.17) is 11.6 Å². The van der Waals surface area contributed by atoms with Crippen molar-refractivity contribution in [3.8, 4) is 0 Å². The second-order valence-corrected chi connectivity index (χ2v) is 6.38. The zero-order valence-corrected chi connectivity index (χ0v) is 13.0. The molecule has 0 amide bonds. The van der Waals surface area contributed by atoms with Crippen LogP contribution in [0.5, 0.6) is 0 Å². The quantitative estimate of drug-likeness (QED) is 0.884. The Labute approximate surface area is 122 Å². The number of hydrogen-bond acceptors (Lipinski definition) is 2. The minimum absolute atomic E-state index is 0.461. The molecule has 1 aromatic rings. The molecule has 1 heterocycles. The molecule has 3 heteroatoms. The van der Waals surface area contributed by atoms with E-state index in [1.807, 2.05) is 12.1 Å². The third-order valence-electron chi connectivity index (χ3n) is 4.01. The SMILES string of the molecule is CC(C)NCC1CCN(C(C)c2cccc(Cl)c2)C1. The molecule has 106 valence electrons. The lowest BCUT2D eigenvalue weighted by Gasteiger charge is -2.25. The average Bonchev–Trinajstić information content (AvgIpc) is 2.84. The molecule has 1 aliphatic rings. The molecule has 1 saturated heterocycles. The van der Waals surface area contributed by atoms with Crippen molar-refractivity contribution in [1.82, 2.24) is 10.2 Å². The van der Waals surface area contributed by atoms with Gasteiger partial charge in [-0.15, -0.1) is 0 Å². The maximum Gasteiger partial charge on any atom is 0.0409 e. The highest BCUT2D eigenvalue weighted by Crippen LogP contribution is 2.28. The third kappa shape index (κ3) is 4.20. The number of rotatable bonds is 5. The van der Waals surface area contributed by atoms with E-state index in [9.17, 15) is 0 Å². The monoisotopic (exact) mass is 280 g/mol. The summed E-state index contributed by atoms with van der Waals surface area (Å²) in [6.07, 6.45) is 1.30. The number of benzene rings is 1. The van der Waals surface area contributed by atoms with Crippen LogP contribution in [0, 0.1) is 5.92 Å². The summed E-state index contributed by atoms with van der Waals surface area (Å²) in [4.78, 5) is 2.57. The zero-order chi connectivity index (χ0) is 13.8. The highest BCUT2D eigenvalue weighted by Gasteiger charge is 2.26. The Balaban J connectivity index is 1.89. The van der Waals surface area contributed by atoms with Gasteiger partial charge in [-0.05, 0) is 50.0 Å². The molecule has 1 fully saturated rings. The Kier molecular flexibility index (Phi) is 5.26. The van der Waals surface area contributed by atoms with Crippen molar-refractivity contribution >= 4 is 11.6 Å². The molecule has 19 heavy (non-hydrogen) atoms. The van der Waals surface area contributed by atoms with Gasteiger partial charge in [0.05, 0.1) is 0 Å². The summed E-state index contributed by atoms with van der Waals surface area (Å²) in [5.41, 5.74) is 1.32. The van der Waals surface area contributed by atoms with Gasteiger partial charge in [0.15, 0.2) is 0 Å². The van der Waals surface area contributed by atoms with Gasteiger partial charge in [-0.1, -0.05) is 37.6 Å². The molecule has 1 aliphatic heterocycles. The average molecular weight is 281 g/mol. The Morgan fingerprint density at radius 1 is 1.37 bits per heavy atom. The van der Waals surface area contributed by atoms with E-state index in [0.717, 1.165) is 17.5 Å². The second-order valence-electron chi connectivity index (χ2n) is 5.94. The first kappa shape index (κ1) is 14.8. The van der Waals surface area contributed by atoms with Gasteiger partial charge in [-0.2, -0.15) is 0 Å². The molecule has 1 aromatic carbocycles. The van der Waals surface area contributed by atoms with Crippen LogP contribution in [0.2, 0.25) is 5.02 Å². The molecule has 0 saturated carbocycles. The van der Waals surface area contributed by atoms with E-state index in [1.54, 1.807) is 0 Å². The molecule has 2 atom stereocenters. The van der Waals surface area contributed by atoms with E-state index >= 15 is 0 Å². The Morgan fingerprint density at radius 2 is 2.16 bits per heavy atom. The van der Waals surface area contributed by atoms with Crippen LogP contribution in [-0.4, -0.2) is 30.6 Å². The lowest BCUT2D eigenvalue weighted by molar-refractivity contribution is 0.251. The van der Waals surface area contributed by atoms with Gasteiger partial charge in [0.2, 0.25) is 0 Å². The van der Waals surface area contributed by atoms with Crippen LogP contribution in [0.4, 0.5) is 0 Å².